The number of aryl methyl sites for hydroxylation is 1. The zero-order valence-corrected chi connectivity index (χ0v) is 18.0. The van der Waals surface area contributed by atoms with Crippen LogP contribution in [0.15, 0.2) is 53.5 Å². The number of nitrogens with zero attached hydrogens (tertiary/aromatic N) is 1. The molecule has 9 heteroatoms. The third-order valence-electron chi connectivity index (χ3n) is 5.43. The molecular weight excluding hydrogens is 432 g/mol. The zero-order chi connectivity index (χ0) is 22.8. The van der Waals surface area contributed by atoms with Crippen molar-refractivity contribution in [1.82, 2.24) is 15.2 Å². The highest BCUT2D eigenvalue weighted by Gasteiger charge is 2.28. The summed E-state index contributed by atoms with van der Waals surface area (Å²) in [4.78, 5) is 48.8. The fourth-order valence-electron chi connectivity index (χ4n) is 3.63. The van der Waals surface area contributed by atoms with Gasteiger partial charge in [0.25, 0.3) is 5.56 Å². The van der Waals surface area contributed by atoms with Crippen LogP contribution in [0.4, 0.5) is 10.5 Å². The van der Waals surface area contributed by atoms with Crippen molar-refractivity contribution in [2.75, 3.05) is 5.32 Å². The molecule has 1 aliphatic rings. The number of benzene rings is 2. The van der Waals surface area contributed by atoms with Gasteiger partial charge in [0.1, 0.15) is 6.04 Å². The number of aromatic nitrogens is 1. The third-order valence-corrected chi connectivity index (χ3v) is 5.83. The van der Waals surface area contributed by atoms with Crippen LogP contribution in [-0.4, -0.2) is 22.4 Å². The Morgan fingerprint density at radius 3 is 2.72 bits per heavy atom. The Balaban J connectivity index is 1.50. The first-order valence-electron chi connectivity index (χ1n) is 10.1. The number of hydrogen-bond acceptors (Lipinski definition) is 4. The van der Waals surface area contributed by atoms with E-state index in [2.05, 4.69) is 16.0 Å². The van der Waals surface area contributed by atoms with Crippen molar-refractivity contribution in [1.29, 1.82) is 0 Å². The first kappa shape index (κ1) is 21.6. The number of halogens is 1. The summed E-state index contributed by atoms with van der Waals surface area (Å²) in [5, 5.41) is 9.46. The molecule has 1 saturated heterocycles. The molecule has 0 bridgehead atoms. The molecule has 4 rings (SSSR count). The highest BCUT2D eigenvalue weighted by molar-refractivity contribution is 6.31. The Morgan fingerprint density at radius 2 is 1.97 bits per heavy atom. The zero-order valence-electron chi connectivity index (χ0n) is 17.3. The molecular formula is C23H21ClN4O4. The molecule has 32 heavy (non-hydrogen) atoms. The van der Waals surface area contributed by atoms with Crippen LogP contribution in [0.3, 0.4) is 0 Å². The van der Waals surface area contributed by atoms with Gasteiger partial charge in [0.05, 0.1) is 0 Å². The average Bonchev–Trinajstić information content (AvgIpc) is 2.76. The molecule has 1 aromatic heterocycles. The van der Waals surface area contributed by atoms with Gasteiger partial charge in [-0.1, -0.05) is 29.8 Å². The van der Waals surface area contributed by atoms with Gasteiger partial charge in [0, 0.05) is 35.3 Å². The van der Waals surface area contributed by atoms with Crippen LogP contribution in [0.25, 0.3) is 10.8 Å². The van der Waals surface area contributed by atoms with E-state index in [9.17, 15) is 19.2 Å². The molecule has 3 N–H and O–H groups in total. The van der Waals surface area contributed by atoms with Crippen LogP contribution < -0.4 is 21.5 Å². The fourth-order valence-corrected chi connectivity index (χ4v) is 3.81. The molecule has 0 saturated carbocycles. The SMILES string of the molecule is Cc1ccc(NC(=O)NCc2ccc3ccn(C4CCC(=O)NC4=O)c(=O)c3c2)cc1Cl. The van der Waals surface area contributed by atoms with Gasteiger partial charge in [-0.3, -0.25) is 19.7 Å². The number of hydrogen-bond donors (Lipinski definition) is 3. The normalized spacial score (nSPS) is 16.0. The van der Waals surface area contributed by atoms with Gasteiger partial charge in [0.15, 0.2) is 0 Å². The Hall–Kier alpha value is -3.65. The molecule has 2 aromatic carbocycles. The number of fused-ring (bicyclic) bond motifs is 1. The Bertz CT molecular complexity index is 1300. The summed E-state index contributed by atoms with van der Waals surface area (Å²) < 4.78 is 1.36. The summed E-state index contributed by atoms with van der Waals surface area (Å²) in [6, 6.07) is 11.2. The maximum absolute atomic E-state index is 13.0. The van der Waals surface area contributed by atoms with E-state index in [0.717, 1.165) is 16.5 Å². The van der Waals surface area contributed by atoms with Gasteiger partial charge in [0.2, 0.25) is 11.8 Å². The van der Waals surface area contributed by atoms with Crippen molar-refractivity contribution in [3.05, 3.63) is 75.2 Å². The number of pyridine rings is 1. The lowest BCUT2D eigenvalue weighted by atomic mass is 10.0. The Kier molecular flexibility index (Phi) is 5.96. The molecule has 3 aromatic rings. The third kappa shape index (κ3) is 4.50. The Morgan fingerprint density at radius 1 is 1.16 bits per heavy atom. The van der Waals surface area contributed by atoms with Crippen LogP contribution in [0.1, 0.15) is 30.0 Å². The first-order chi connectivity index (χ1) is 15.3. The van der Waals surface area contributed by atoms with Crippen LogP contribution in [0.5, 0.6) is 0 Å². The van der Waals surface area contributed by atoms with Crippen LogP contribution in [-0.2, 0) is 16.1 Å². The predicted molar refractivity (Wildman–Crippen MR) is 122 cm³/mol. The molecule has 0 spiro atoms. The monoisotopic (exact) mass is 452 g/mol. The lowest BCUT2D eigenvalue weighted by Crippen LogP contribution is -2.44. The summed E-state index contributed by atoms with van der Waals surface area (Å²) in [7, 11) is 0. The minimum atomic E-state index is -0.724. The summed E-state index contributed by atoms with van der Waals surface area (Å²) >= 11 is 6.08. The maximum atomic E-state index is 13.0. The molecule has 2 heterocycles. The number of piperidine rings is 1. The molecule has 1 unspecified atom stereocenters. The second kappa shape index (κ2) is 8.84. The van der Waals surface area contributed by atoms with Gasteiger partial charge >= 0.3 is 6.03 Å². The second-order valence-electron chi connectivity index (χ2n) is 7.69. The lowest BCUT2D eigenvalue weighted by molar-refractivity contribution is -0.135. The molecule has 1 aliphatic heterocycles. The number of carbonyl (C=O) groups excluding carboxylic acids is 3. The Labute approximate surface area is 188 Å². The van der Waals surface area contributed by atoms with E-state index in [1.165, 1.54) is 4.57 Å². The van der Waals surface area contributed by atoms with Gasteiger partial charge in [-0.25, -0.2) is 4.79 Å². The van der Waals surface area contributed by atoms with Gasteiger partial charge in [-0.15, -0.1) is 0 Å². The average molecular weight is 453 g/mol. The topological polar surface area (TPSA) is 109 Å². The number of amides is 4. The highest BCUT2D eigenvalue weighted by Crippen LogP contribution is 2.21. The van der Waals surface area contributed by atoms with Crippen molar-refractivity contribution in [2.24, 2.45) is 0 Å². The first-order valence-corrected chi connectivity index (χ1v) is 10.5. The summed E-state index contributed by atoms with van der Waals surface area (Å²) in [5.41, 5.74) is 1.89. The molecule has 4 amide bonds. The van der Waals surface area contributed by atoms with E-state index in [4.69, 9.17) is 11.6 Å². The number of imide groups is 1. The minimum absolute atomic E-state index is 0.187. The number of rotatable bonds is 4. The number of nitrogens with one attached hydrogen (secondary N) is 3. The summed E-state index contributed by atoms with van der Waals surface area (Å²) in [6.07, 6.45) is 2.04. The van der Waals surface area contributed by atoms with E-state index < -0.39 is 18.0 Å². The highest BCUT2D eigenvalue weighted by atomic mass is 35.5. The lowest BCUT2D eigenvalue weighted by Gasteiger charge is -2.23. The van der Waals surface area contributed by atoms with E-state index in [1.54, 1.807) is 36.5 Å². The summed E-state index contributed by atoms with van der Waals surface area (Å²) in [6.45, 7) is 2.08. The van der Waals surface area contributed by atoms with Gasteiger partial charge < -0.3 is 15.2 Å². The maximum Gasteiger partial charge on any atom is 0.319 e. The standard InChI is InChI=1S/C23H21ClN4O4/c1-13-2-5-16(11-18(13)24)26-23(32)25-12-14-3-4-15-8-9-28(22(31)17(15)10-14)19-6-7-20(29)27-21(19)30/h2-5,8-11,19H,6-7,12H2,1H3,(H2,25,26,32)(H,27,29,30). The summed E-state index contributed by atoms with van der Waals surface area (Å²) in [5.74, 6) is -0.812. The van der Waals surface area contributed by atoms with Crippen LogP contribution in [0.2, 0.25) is 5.02 Å². The second-order valence-corrected chi connectivity index (χ2v) is 8.10. The molecule has 164 valence electrons. The minimum Gasteiger partial charge on any atom is -0.334 e. The van der Waals surface area contributed by atoms with E-state index in [-0.39, 0.29) is 30.9 Å². The molecule has 8 nitrogen and oxygen atoms in total. The number of anilines is 1. The van der Waals surface area contributed by atoms with Crippen molar-refractivity contribution in [2.45, 2.75) is 32.4 Å². The number of urea groups is 1. The van der Waals surface area contributed by atoms with E-state index >= 15 is 0 Å². The van der Waals surface area contributed by atoms with Gasteiger partial charge in [-0.2, -0.15) is 0 Å². The molecule has 1 fully saturated rings. The molecule has 0 radical (unpaired) electrons. The van der Waals surface area contributed by atoms with E-state index in [1.807, 2.05) is 19.1 Å². The van der Waals surface area contributed by atoms with Crippen molar-refractivity contribution in [3.8, 4) is 0 Å². The van der Waals surface area contributed by atoms with Crippen LogP contribution in [0, 0.1) is 6.92 Å². The molecule has 1 atom stereocenters. The molecule has 0 aliphatic carbocycles. The largest absolute Gasteiger partial charge is 0.334 e. The predicted octanol–water partition coefficient (Wildman–Crippen LogP) is 3.26. The van der Waals surface area contributed by atoms with E-state index in [0.29, 0.717) is 16.1 Å². The number of carbonyl (C=O) groups is 3. The van der Waals surface area contributed by atoms with Gasteiger partial charge in [-0.05, 0) is 54.1 Å². The smallest absolute Gasteiger partial charge is 0.319 e. The van der Waals surface area contributed by atoms with Crippen LogP contribution >= 0.6 is 11.6 Å². The fraction of sp³-hybridized carbons (Fsp3) is 0.217. The van der Waals surface area contributed by atoms with Crippen molar-refractivity contribution >= 4 is 45.9 Å². The quantitative estimate of drug-likeness (QED) is 0.528. The van der Waals surface area contributed by atoms with Crippen molar-refractivity contribution < 1.29 is 14.4 Å². The van der Waals surface area contributed by atoms with Crippen molar-refractivity contribution in [3.63, 3.8) is 0 Å².